The number of carbonyl (C=O) groups is 1. The van der Waals surface area contributed by atoms with Gasteiger partial charge in [0.2, 0.25) is 5.91 Å². The minimum absolute atomic E-state index is 0.0214. The van der Waals surface area contributed by atoms with Crippen molar-refractivity contribution in [1.29, 1.82) is 0 Å². The molecule has 2 N–H and O–H groups in total. The normalized spacial score (nSPS) is 13.2. The highest BCUT2D eigenvalue weighted by Crippen LogP contribution is 2.15. The Bertz CT molecular complexity index is 689. The molecule has 2 rings (SSSR count). The number of benzene rings is 2. The van der Waals surface area contributed by atoms with Crippen LogP contribution in [0.3, 0.4) is 0 Å². The van der Waals surface area contributed by atoms with Crippen LogP contribution in [0.5, 0.6) is 0 Å². The number of rotatable bonds is 8. The number of hydrogen-bond donors (Lipinski definition) is 2. The van der Waals surface area contributed by atoms with E-state index in [1.54, 1.807) is 0 Å². The molecule has 0 heterocycles. The average molecular weight is 344 g/mol. The quantitative estimate of drug-likeness (QED) is 0.774. The monoisotopic (exact) mass is 344 g/mol. The second-order valence-corrected chi connectivity index (χ2v) is 7.32. The van der Waals surface area contributed by atoms with E-state index in [2.05, 4.69) is 10.6 Å². The van der Waals surface area contributed by atoms with Crippen LogP contribution < -0.4 is 10.6 Å². The van der Waals surface area contributed by atoms with Gasteiger partial charge in [0.25, 0.3) is 0 Å². The summed E-state index contributed by atoms with van der Waals surface area (Å²) in [7, 11) is 0.848. The fourth-order valence-electron chi connectivity index (χ4n) is 2.40. The van der Waals surface area contributed by atoms with E-state index in [4.69, 9.17) is 0 Å². The molecule has 2 aromatic rings. The van der Waals surface area contributed by atoms with E-state index in [0.29, 0.717) is 18.1 Å². The fraction of sp³-hybridized carbons (Fsp3) is 0.316. The highest BCUT2D eigenvalue weighted by Gasteiger charge is 2.12. The molecule has 1 amide bonds. The largest absolute Gasteiger partial charge is 0.326 e. The van der Waals surface area contributed by atoms with Gasteiger partial charge in [-0.25, -0.2) is 0 Å². The van der Waals surface area contributed by atoms with Crippen molar-refractivity contribution in [2.45, 2.75) is 18.4 Å². The zero-order valence-electron chi connectivity index (χ0n) is 14.1. The van der Waals surface area contributed by atoms with E-state index >= 15 is 0 Å². The summed E-state index contributed by atoms with van der Waals surface area (Å²) in [5.74, 6) is 0.888. The van der Waals surface area contributed by atoms with E-state index < -0.39 is 10.8 Å². The maximum atomic E-state index is 12.3. The molecule has 0 bridgehead atoms. The second kappa shape index (κ2) is 9.35. The first-order valence-corrected chi connectivity index (χ1v) is 9.50. The molecule has 24 heavy (non-hydrogen) atoms. The SMILES string of the molecule is CNCC(C)C(=O)Nc1cccc(CS(=O)Cc2ccccc2)c1. The zero-order chi connectivity index (χ0) is 17.4. The number of anilines is 1. The molecule has 0 fully saturated rings. The van der Waals surface area contributed by atoms with Gasteiger partial charge in [-0.05, 0) is 30.3 Å². The van der Waals surface area contributed by atoms with E-state index in [0.717, 1.165) is 16.8 Å². The maximum absolute atomic E-state index is 12.3. The number of hydrogen-bond acceptors (Lipinski definition) is 3. The predicted octanol–water partition coefficient (Wildman–Crippen LogP) is 2.93. The summed E-state index contributed by atoms with van der Waals surface area (Å²) >= 11 is 0. The van der Waals surface area contributed by atoms with Crippen LogP contribution in [0.2, 0.25) is 0 Å². The van der Waals surface area contributed by atoms with Crippen molar-refractivity contribution in [3.63, 3.8) is 0 Å². The third-order valence-corrected chi connectivity index (χ3v) is 4.96. The molecule has 128 valence electrons. The van der Waals surface area contributed by atoms with Crippen LogP contribution in [0.1, 0.15) is 18.1 Å². The average Bonchev–Trinajstić information content (AvgIpc) is 2.56. The Labute approximate surface area is 146 Å². The van der Waals surface area contributed by atoms with Gasteiger partial charge in [-0.1, -0.05) is 49.4 Å². The summed E-state index contributed by atoms with van der Waals surface area (Å²) in [4.78, 5) is 12.1. The first-order chi connectivity index (χ1) is 11.6. The lowest BCUT2D eigenvalue weighted by Gasteiger charge is -2.12. The van der Waals surface area contributed by atoms with Crippen LogP contribution >= 0.6 is 0 Å². The van der Waals surface area contributed by atoms with Gasteiger partial charge in [0, 0.05) is 40.5 Å². The minimum atomic E-state index is -0.977. The van der Waals surface area contributed by atoms with Crippen molar-refractivity contribution in [2.75, 3.05) is 18.9 Å². The first-order valence-electron chi connectivity index (χ1n) is 8.02. The molecule has 0 aliphatic rings. The van der Waals surface area contributed by atoms with Crippen molar-refractivity contribution in [3.8, 4) is 0 Å². The standard InChI is InChI=1S/C19H24N2O2S/c1-15(12-20-2)19(22)21-18-10-6-9-17(11-18)14-24(23)13-16-7-4-3-5-8-16/h3-11,15,20H,12-14H2,1-2H3,(H,21,22). The molecule has 0 aliphatic carbocycles. The molecule has 0 spiro atoms. The zero-order valence-corrected chi connectivity index (χ0v) is 14.9. The van der Waals surface area contributed by atoms with Crippen molar-refractivity contribution >= 4 is 22.4 Å². The van der Waals surface area contributed by atoms with Crippen LogP contribution in [-0.2, 0) is 27.1 Å². The van der Waals surface area contributed by atoms with E-state index in [-0.39, 0.29) is 11.8 Å². The highest BCUT2D eigenvalue weighted by molar-refractivity contribution is 7.83. The van der Waals surface area contributed by atoms with Crippen LogP contribution in [0.25, 0.3) is 0 Å². The fourth-order valence-corrected chi connectivity index (χ4v) is 3.62. The Kier molecular flexibility index (Phi) is 7.15. The smallest absolute Gasteiger partial charge is 0.228 e. The molecule has 0 aromatic heterocycles. The molecule has 0 radical (unpaired) electrons. The van der Waals surface area contributed by atoms with Gasteiger partial charge in [-0.2, -0.15) is 0 Å². The molecular formula is C19H24N2O2S. The van der Waals surface area contributed by atoms with Gasteiger partial charge in [-0.3, -0.25) is 9.00 Å². The van der Waals surface area contributed by atoms with Crippen LogP contribution in [0.4, 0.5) is 5.69 Å². The topological polar surface area (TPSA) is 58.2 Å². The summed E-state index contributed by atoms with van der Waals surface area (Å²) in [5.41, 5.74) is 2.78. The van der Waals surface area contributed by atoms with E-state index in [1.165, 1.54) is 0 Å². The lowest BCUT2D eigenvalue weighted by Crippen LogP contribution is -2.28. The van der Waals surface area contributed by atoms with Crippen molar-refractivity contribution in [3.05, 3.63) is 65.7 Å². The Balaban J connectivity index is 1.95. The van der Waals surface area contributed by atoms with Crippen LogP contribution in [0, 0.1) is 5.92 Å². The molecule has 0 saturated heterocycles. The number of carbonyl (C=O) groups excluding carboxylic acids is 1. The molecule has 0 saturated carbocycles. The molecule has 4 nitrogen and oxygen atoms in total. The van der Waals surface area contributed by atoms with Crippen molar-refractivity contribution < 1.29 is 9.00 Å². The third kappa shape index (κ3) is 5.91. The molecule has 5 heteroatoms. The molecule has 2 unspecified atom stereocenters. The second-order valence-electron chi connectivity index (χ2n) is 5.86. The van der Waals surface area contributed by atoms with Crippen molar-refractivity contribution in [1.82, 2.24) is 5.32 Å². The highest BCUT2D eigenvalue weighted by atomic mass is 32.2. The Hall–Kier alpha value is -1.98. The summed E-state index contributed by atoms with van der Waals surface area (Å²) < 4.78 is 12.3. The summed E-state index contributed by atoms with van der Waals surface area (Å²) in [6, 6.07) is 17.4. The van der Waals surface area contributed by atoms with E-state index in [9.17, 15) is 9.00 Å². The van der Waals surface area contributed by atoms with Crippen molar-refractivity contribution in [2.24, 2.45) is 5.92 Å². The maximum Gasteiger partial charge on any atom is 0.228 e. The van der Waals surface area contributed by atoms with E-state index in [1.807, 2.05) is 68.6 Å². The summed E-state index contributed by atoms with van der Waals surface area (Å²) in [6.45, 7) is 2.51. The van der Waals surface area contributed by atoms with Gasteiger partial charge < -0.3 is 10.6 Å². The predicted molar refractivity (Wildman–Crippen MR) is 100 cm³/mol. The molecule has 2 aromatic carbocycles. The molecule has 0 aliphatic heterocycles. The lowest BCUT2D eigenvalue weighted by atomic mass is 10.1. The summed E-state index contributed by atoms with van der Waals surface area (Å²) in [5, 5.41) is 5.91. The Morgan fingerprint density at radius 2 is 1.71 bits per heavy atom. The van der Waals surface area contributed by atoms with Gasteiger partial charge in [0.05, 0.1) is 0 Å². The van der Waals surface area contributed by atoms with Gasteiger partial charge in [0.15, 0.2) is 0 Å². The van der Waals surface area contributed by atoms with Gasteiger partial charge in [0.1, 0.15) is 0 Å². The Morgan fingerprint density at radius 3 is 2.42 bits per heavy atom. The minimum Gasteiger partial charge on any atom is -0.326 e. The first kappa shape index (κ1) is 18.4. The number of nitrogens with one attached hydrogen (secondary N) is 2. The third-order valence-electron chi connectivity index (χ3n) is 3.65. The van der Waals surface area contributed by atoms with Crippen LogP contribution in [-0.4, -0.2) is 23.7 Å². The molecule has 2 atom stereocenters. The van der Waals surface area contributed by atoms with Crippen LogP contribution in [0.15, 0.2) is 54.6 Å². The van der Waals surface area contributed by atoms with Gasteiger partial charge in [-0.15, -0.1) is 0 Å². The van der Waals surface area contributed by atoms with Gasteiger partial charge >= 0.3 is 0 Å². The Morgan fingerprint density at radius 1 is 1.04 bits per heavy atom. The lowest BCUT2D eigenvalue weighted by molar-refractivity contribution is -0.119. The number of amides is 1. The molecular weight excluding hydrogens is 320 g/mol. The summed E-state index contributed by atoms with van der Waals surface area (Å²) in [6.07, 6.45) is 0.